The predicted molar refractivity (Wildman–Crippen MR) is 59.1 cm³/mol. The number of unbranched alkanes of at least 4 members (excludes halogenated alkanes) is 1. The van der Waals surface area contributed by atoms with Crippen molar-refractivity contribution >= 4 is 13.3 Å². The molecule has 5 nitrogen and oxygen atoms in total. The Balaban J connectivity index is 3.83. The third-order valence-electron chi connectivity index (χ3n) is 2.00. The summed E-state index contributed by atoms with van der Waals surface area (Å²) in [4.78, 5) is 10.5. The van der Waals surface area contributed by atoms with Crippen LogP contribution in [0.2, 0.25) is 0 Å². The fraction of sp³-hybridized carbons (Fsp3) is 0.889. The molecule has 90 valence electrons. The van der Waals surface area contributed by atoms with Gasteiger partial charge in [0.15, 0.2) is 7.37 Å². The van der Waals surface area contributed by atoms with Crippen molar-refractivity contribution in [1.29, 1.82) is 0 Å². The van der Waals surface area contributed by atoms with Crippen LogP contribution < -0.4 is 5.73 Å². The molecule has 0 saturated heterocycles. The van der Waals surface area contributed by atoms with Crippen molar-refractivity contribution in [1.82, 2.24) is 0 Å². The number of carbonyl (C=O) groups is 1. The van der Waals surface area contributed by atoms with Gasteiger partial charge in [-0.15, -0.1) is 0 Å². The van der Waals surface area contributed by atoms with E-state index in [-0.39, 0.29) is 12.6 Å². The predicted octanol–water partition coefficient (Wildman–Crippen LogP) is 0.947. The molecule has 2 unspecified atom stereocenters. The van der Waals surface area contributed by atoms with Crippen LogP contribution in [-0.2, 0) is 13.9 Å². The van der Waals surface area contributed by atoms with Crippen LogP contribution in [0.25, 0.3) is 0 Å². The van der Waals surface area contributed by atoms with Crippen molar-refractivity contribution in [3.05, 3.63) is 0 Å². The summed E-state index contributed by atoms with van der Waals surface area (Å²) in [5.74, 6) is -0.788. The monoisotopic (exact) mass is 237 g/mol. The van der Waals surface area contributed by atoms with Gasteiger partial charge in [0.05, 0.1) is 6.61 Å². The maximum Gasteiger partial charge on any atom is 0.246 e. The zero-order valence-electron chi connectivity index (χ0n) is 9.31. The molecule has 6 heteroatoms. The summed E-state index contributed by atoms with van der Waals surface area (Å²) < 4.78 is 16.9. The summed E-state index contributed by atoms with van der Waals surface area (Å²) in [5, 5.41) is 9.11. The van der Waals surface area contributed by atoms with Crippen LogP contribution in [0.5, 0.6) is 0 Å². The van der Waals surface area contributed by atoms with Crippen LogP contribution in [0.4, 0.5) is 0 Å². The fourth-order valence-corrected chi connectivity index (χ4v) is 2.32. The van der Waals surface area contributed by atoms with E-state index in [1.165, 1.54) is 6.66 Å². The van der Waals surface area contributed by atoms with E-state index in [0.717, 1.165) is 12.8 Å². The topological polar surface area (TPSA) is 89.6 Å². The minimum atomic E-state index is -2.68. The minimum Gasteiger partial charge on any atom is -0.383 e. The van der Waals surface area contributed by atoms with Gasteiger partial charge in [-0.1, -0.05) is 13.3 Å². The van der Waals surface area contributed by atoms with Crippen molar-refractivity contribution in [2.75, 3.05) is 19.4 Å². The maximum atomic E-state index is 11.7. The first-order valence-corrected chi connectivity index (χ1v) is 7.33. The molecule has 0 aromatic heterocycles. The molecule has 0 aromatic carbocycles. The van der Waals surface area contributed by atoms with Crippen LogP contribution in [0, 0.1) is 0 Å². The van der Waals surface area contributed by atoms with Crippen molar-refractivity contribution in [3.8, 4) is 0 Å². The van der Waals surface area contributed by atoms with E-state index >= 15 is 0 Å². The Morgan fingerprint density at radius 1 is 1.60 bits per heavy atom. The molecule has 1 amide bonds. The zero-order chi connectivity index (χ0) is 11.9. The van der Waals surface area contributed by atoms with Crippen LogP contribution in [0.1, 0.15) is 26.2 Å². The summed E-state index contributed by atoms with van der Waals surface area (Å²) in [7, 11) is -2.68. The van der Waals surface area contributed by atoms with Gasteiger partial charge in [0.2, 0.25) is 5.91 Å². The smallest absolute Gasteiger partial charge is 0.246 e. The first-order valence-electron chi connectivity index (χ1n) is 5.07. The lowest BCUT2D eigenvalue weighted by Crippen LogP contribution is -2.28. The fourth-order valence-electron chi connectivity index (χ4n) is 0.966. The van der Waals surface area contributed by atoms with Gasteiger partial charge in [0.1, 0.15) is 6.10 Å². The Bertz CT molecular complexity index is 244. The van der Waals surface area contributed by atoms with Gasteiger partial charge in [-0.3, -0.25) is 9.36 Å². The Labute approximate surface area is 90.4 Å². The van der Waals surface area contributed by atoms with Gasteiger partial charge in [-0.2, -0.15) is 0 Å². The van der Waals surface area contributed by atoms with E-state index in [0.29, 0.717) is 6.61 Å². The van der Waals surface area contributed by atoms with Crippen LogP contribution in [-0.4, -0.2) is 36.6 Å². The number of primary amides is 1. The molecule has 3 N–H and O–H groups in total. The average Bonchev–Trinajstić information content (AvgIpc) is 2.14. The van der Waals surface area contributed by atoms with Gasteiger partial charge in [-0.05, 0) is 12.8 Å². The SMILES string of the molecule is CCCCOP(C)(=O)CCC(O)C(N)=O. The van der Waals surface area contributed by atoms with Crippen LogP contribution in [0.3, 0.4) is 0 Å². The van der Waals surface area contributed by atoms with E-state index in [9.17, 15) is 9.36 Å². The first-order chi connectivity index (χ1) is 6.89. The van der Waals surface area contributed by atoms with E-state index in [4.69, 9.17) is 15.4 Å². The second kappa shape index (κ2) is 6.99. The number of nitrogens with two attached hydrogens (primary N) is 1. The summed E-state index contributed by atoms with van der Waals surface area (Å²) in [6, 6.07) is 0. The number of aliphatic hydroxyl groups excluding tert-OH is 1. The normalized spacial score (nSPS) is 17.0. The van der Waals surface area contributed by atoms with Crippen LogP contribution in [0.15, 0.2) is 0 Å². The molecule has 0 aliphatic carbocycles. The average molecular weight is 237 g/mol. The van der Waals surface area contributed by atoms with E-state index < -0.39 is 19.4 Å². The number of rotatable bonds is 8. The van der Waals surface area contributed by atoms with E-state index in [1.807, 2.05) is 6.92 Å². The van der Waals surface area contributed by atoms with Crippen molar-refractivity contribution < 1.29 is 19.0 Å². The molecular formula is C9H20NO4P. The third-order valence-corrected chi connectivity index (χ3v) is 3.80. The summed E-state index contributed by atoms with van der Waals surface area (Å²) in [5.41, 5.74) is 4.87. The Morgan fingerprint density at radius 2 is 2.20 bits per heavy atom. The third kappa shape index (κ3) is 7.54. The summed E-state index contributed by atoms with van der Waals surface area (Å²) in [6.07, 6.45) is 0.879. The molecule has 0 rings (SSSR count). The zero-order valence-corrected chi connectivity index (χ0v) is 10.2. The molecular weight excluding hydrogens is 217 g/mol. The number of aliphatic hydroxyl groups is 1. The molecule has 0 spiro atoms. The highest BCUT2D eigenvalue weighted by molar-refractivity contribution is 7.58. The molecule has 2 atom stereocenters. The highest BCUT2D eigenvalue weighted by Crippen LogP contribution is 2.43. The molecule has 0 saturated carbocycles. The number of hydrogen-bond acceptors (Lipinski definition) is 4. The Kier molecular flexibility index (Phi) is 6.81. The number of hydrogen-bond donors (Lipinski definition) is 2. The minimum absolute atomic E-state index is 0.0925. The standard InChI is InChI=1S/C9H20NO4P/c1-3-4-6-14-15(2,13)7-5-8(11)9(10)12/h8,11H,3-7H2,1-2H3,(H2,10,12). The lowest BCUT2D eigenvalue weighted by Gasteiger charge is -2.14. The van der Waals surface area contributed by atoms with Gasteiger partial charge < -0.3 is 15.4 Å². The highest BCUT2D eigenvalue weighted by Gasteiger charge is 2.20. The highest BCUT2D eigenvalue weighted by atomic mass is 31.2. The van der Waals surface area contributed by atoms with Gasteiger partial charge >= 0.3 is 0 Å². The Morgan fingerprint density at radius 3 is 2.67 bits per heavy atom. The summed E-state index contributed by atoms with van der Waals surface area (Å²) >= 11 is 0. The molecule has 0 aromatic rings. The number of amides is 1. The Hall–Kier alpha value is -0.380. The van der Waals surface area contributed by atoms with Gasteiger partial charge in [0.25, 0.3) is 0 Å². The lowest BCUT2D eigenvalue weighted by atomic mass is 10.3. The number of carbonyl (C=O) groups excluding carboxylic acids is 1. The second-order valence-corrected chi connectivity index (χ2v) is 6.36. The van der Waals surface area contributed by atoms with Gasteiger partial charge in [-0.25, -0.2) is 0 Å². The van der Waals surface area contributed by atoms with Crippen molar-refractivity contribution in [2.45, 2.75) is 32.3 Å². The molecule has 0 radical (unpaired) electrons. The van der Waals surface area contributed by atoms with Gasteiger partial charge in [0, 0.05) is 12.8 Å². The van der Waals surface area contributed by atoms with E-state index in [2.05, 4.69) is 0 Å². The summed E-state index contributed by atoms with van der Waals surface area (Å²) in [6.45, 7) is 3.98. The largest absolute Gasteiger partial charge is 0.383 e. The van der Waals surface area contributed by atoms with Crippen LogP contribution >= 0.6 is 7.37 Å². The molecule has 0 aliphatic rings. The molecule has 0 aliphatic heterocycles. The quantitative estimate of drug-likeness (QED) is 0.485. The van der Waals surface area contributed by atoms with Crippen molar-refractivity contribution in [3.63, 3.8) is 0 Å². The lowest BCUT2D eigenvalue weighted by molar-refractivity contribution is -0.126. The molecule has 15 heavy (non-hydrogen) atoms. The maximum absolute atomic E-state index is 11.7. The molecule has 0 fully saturated rings. The first kappa shape index (κ1) is 14.6. The second-order valence-electron chi connectivity index (χ2n) is 3.63. The van der Waals surface area contributed by atoms with Crippen molar-refractivity contribution in [2.24, 2.45) is 5.73 Å². The molecule has 0 heterocycles. The van der Waals surface area contributed by atoms with E-state index in [1.54, 1.807) is 0 Å². The molecule has 0 bridgehead atoms.